The molecule has 0 aliphatic heterocycles. The highest BCUT2D eigenvalue weighted by Gasteiger charge is 2.29. The first kappa shape index (κ1) is 70.0. The van der Waals surface area contributed by atoms with E-state index in [2.05, 4.69) is 419 Å². The summed E-state index contributed by atoms with van der Waals surface area (Å²) in [6.07, 6.45) is 0. The van der Waals surface area contributed by atoms with Gasteiger partial charge in [-0.1, -0.05) is 393 Å². The van der Waals surface area contributed by atoms with Crippen LogP contribution in [0, 0.1) is 13.8 Å². The minimum atomic E-state index is -0.000142. The Bertz CT molecular complexity index is 7500. The van der Waals surface area contributed by atoms with Crippen molar-refractivity contribution in [3.05, 3.63) is 386 Å². The SMILES string of the molecule is CC(C)(C)c1cc(-c2c3ccccc3c(-c3cccc4c3oc3cccc(-c5c6ccccc6c(-c6ccccc6)c6ccccc56)c34)c3ccccc23)cc(C(C)(C)C)c1.Cc1cccc(C)c1-c1c2ccccc2c(-c2cccc3c2oc2cccc(-c4c5ccccc5c(-c5ccccc5)c5ccccc45)c23)c2ccccc12. The van der Waals surface area contributed by atoms with Crippen LogP contribution < -0.4 is 0 Å². The molecule has 0 amide bonds. The molecule has 0 atom stereocenters. The number of aryl methyl sites for hydroxylation is 2. The minimum absolute atomic E-state index is 0.000142. The number of hydrogen-bond acceptors (Lipinski definition) is 2. The Morgan fingerprint density at radius 1 is 0.181 bits per heavy atom. The van der Waals surface area contributed by atoms with E-state index in [0.29, 0.717) is 0 Å². The van der Waals surface area contributed by atoms with Crippen molar-refractivity contribution in [3.63, 3.8) is 0 Å². The van der Waals surface area contributed by atoms with Gasteiger partial charge in [-0.2, -0.15) is 0 Å². The molecular formula is C114H84O2. The fourth-order valence-corrected chi connectivity index (χ4v) is 19.4. The van der Waals surface area contributed by atoms with Crippen LogP contribution in [0.2, 0.25) is 0 Å². The third-order valence-electron chi connectivity index (χ3n) is 24.7. The van der Waals surface area contributed by atoms with Crippen LogP contribution in [0.15, 0.2) is 373 Å². The maximum absolute atomic E-state index is 7.14. The van der Waals surface area contributed by atoms with Gasteiger partial charge in [0, 0.05) is 43.8 Å². The Morgan fingerprint density at radius 2 is 0.414 bits per heavy atom. The number of para-hydroxylation sites is 2. The predicted molar refractivity (Wildman–Crippen MR) is 498 cm³/mol. The van der Waals surface area contributed by atoms with Crippen LogP contribution in [0.1, 0.15) is 63.8 Å². The van der Waals surface area contributed by atoms with Gasteiger partial charge in [0.25, 0.3) is 0 Å². The summed E-state index contributed by atoms with van der Waals surface area (Å²) in [4.78, 5) is 0. The second-order valence-electron chi connectivity index (χ2n) is 33.6. The van der Waals surface area contributed by atoms with Gasteiger partial charge in [0.1, 0.15) is 22.3 Å². The molecule has 0 spiro atoms. The smallest absolute Gasteiger partial charge is 0.143 e. The molecule has 0 saturated heterocycles. The number of fused-ring (bicyclic) bond motifs is 14. The Balaban J connectivity index is 0.000000146. The molecule has 0 saturated carbocycles. The molecule has 22 aromatic rings. The Kier molecular flexibility index (Phi) is 16.6. The summed E-state index contributed by atoms with van der Waals surface area (Å²) in [7, 11) is 0. The van der Waals surface area contributed by atoms with Crippen molar-refractivity contribution in [1.29, 1.82) is 0 Å². The predicted octanol–water partition coefficient (Wildman–Crippen LogP) is 32.9. The third kappa shape index (κ3) is 11.2. The summed E-state index contributed by atoms with van der Waals surface area (Å²) in [5, 5.41) is 24.3. The van der Waals surface area contributed by atoms with E-state index >= 15 is 0 Å². The molecule has 0 radical (unpaired) electrons. The monoisotopic (exact) mass is 1480 g/mol. The zero-order chi connectivity index (χ0) is 78.2. The van der Waals surface area contributed by atoms with Gasteiger partial charge < -0.3 is 8.83 Å². The van der Waals surface area contributed by atoms with Crippen LogP contribution in [-0.4, -0.2) is 0 Å². The normalized spacial score (nSPS) is 12.1. The van der Waals surface area contributed by atoms with Crippen LogP contribution in [0.25, 0.3) is 219 Å². The molecule has 0 N–H and O–H groups in total. The fraction of sp³-hybridized carbons (Fsp3) is 0.0877. The molecule has 2 nitrogen and oxygen atoms in total. The molecule has 0 unspecified atom stereocenters. The molecule has 2 heteroatoms. The lowest BCUT2D eigenvalue weighted by Gasteiger charge is -2.27. The van der Waals surface area contributed by atoms with Crippen molar-refractivity contribution in [2.75, 3.05) is 0 Å². The van der Waals surface area contributed by atoms with E-state index in [-0.39, 0.29) is 10.8 Å². The van der Waals surface area contributed by atoms with E-state index < -0.39 is 0 Å². The van der Waals surface area contributed by atoms with E-state index in [0.717, 1.165) is 55.0 Å². The second-order valence-corrected chi connectivity index (χ2v) is 33.6. The first-order valence-electron chi connectivity index (χ1n) is 40.7. The van der Waals surface area contributed by atoms with Gasteiger partial charge in [0.2, 0.25) is 0 Å². The van der Waals surface area contributed by atoms with E-state index in [1.807, 2.05) is 0 Å². The van der Waals surface area contributed by atoms with E-state index in [4.69, 9.17) is 8.83 Å². The van der Waals surface area contributed by atoms with Crippen LogP contribution in [-0.2, 0) is 10.8 Å². The van der Waals surface area contributed by atoms with Crippen molar-refractivity contribution in [2.45, 2.75) is 66.2 Å². The molecule has 22 rings (SSSR count). The highest BCUT2D eigenvalue weighted by molar-refractivity contribution is 6.31. The Labute approximate surface area is 675 Å². The number of benzene rings is 20. The van der Waals surface area contributed by atoms with Crippen molar-refractivity contribution < 1.29 is 8.83 Å². The maximum atomic E-state index is 7.14. The zero-order valence-electron chi connectivity index (χ0n) is 66.5. The first-order chi connectivity index (χ1) is 56.7. The second kappa shape index (κ2) is 27.4. The topological polar surface area (TPSA) is 26.3 Å². The van der Waals surface area contributed by atoms with Crippen molar-refractivity contribution >= 4 is 130 Å². The van der Waals surface area contributed by atoms with Crippen molar-refractivity contribution in [1.82, 2.24) is 0 Å². The van der Waals surface area contributed by atoms with Gasteiger partial charge in [0.15, 0.2) is 0 Å². The Hall–Kier alpha value is -13.9. The molecular weight excluding hydrogens is 1400 g/mol. The largest absolute Gasteiger partial charge is 0.455 e. The lowest BCUT2D eigenvalue weighted by Crippen LogP contribution is -2.16. The van der Waals surface area contributed by atoms with Gasteiger partial charge in [-0.15, -0.1) is 0 Å². The van der Waals surface area contributed by atoms with E-state index in [1.54, 1.807) is 0 Å². The van der Waals surface area contributed by atoms with Crippen molar-refractivity contribution in [2.24, 2.45) is 0 Å². The fourth-order valence-electron chi connectivity index (χ4n) is 19.4. The molecule has 0 aliphatic rings. The molecule has 0 aliphatic carbocycles. The van der Waals surface area contributed by atoms with Crippen LogP contribution >= 0.6 is 0 Å². The lowest BCUT2D eigenvalue weighted by molar-refractivity contribution is 0.569. The summed E-state index contributed by atoms with van der Waals surface area (Å²) >= 11 is 0. The van der Waals surface area contributed by atoms with Gasteiger partial charge in [-0.05, 0) is 212 Å². The number of furan rings is 2. The van der Waals surface area contributed by atoms with Gasteiger partial charge in [-0.25, -0.2) is 0 Å². The molecule has 552 valence electrons. The van der Waals surface area contributed by atoms with E-state index in [1.165, 1.54) is 186 Å². The summed E-state index contributed by atoms with van der Waals surface area (Å²) in [6.45, 7) is 18.4. The lowest BCUT2D eigenvalue weighted by atomic mass is 9.77. The Morgan fingerprint density at radius 3 is 0.716 bits per heavy atom. The molecule has 2 aromatic heterocycles. The van der Waals surface area contributed by atoms with Gasteiger partial charge in [-0.3, -0.25) is 0 Å². The maximum Gasteiger partial charge on any atom is 0.143 e. The van der Waals surface area contributed by atoms with E-state index in [9.17, 15) is 0 Å². The van der Waals surface area contributed by atoms with Crippen molar-refractivity contribution in [3.8, 4) is 89.0 Å². The quantitative estimate of drug-likeness (QED) is 0.142. The molecule has 2 heterocycles. The van der Waals surface area contributed by atoms with Crippen LogP contribution in [0.3, 0.4) is 0 Å². The molecule has 20 aromatic carbocycles. The highest BCUT2D eigenvalue weighted by atomic mass is 16.3. The molecule has 0 bridgehead atoms. The molecule has 0 fully saturated rings. The summed E-state index contributed by atoms with van der Waals surface area (Å²) in [5.74, 6) is 0. The number of hydrogen-bond donors (Lipinski definition) is 0. The molecule has 116 heavy (non-hydrogen) atoms. The summed E-state index contributed by atoms with van der Waals surface area (Å²) in [5.41, 5.74) is 28.4. The highest BCUT2D eigenvalue weighted by Crippen LogP contribution is 2.55. The average molecular weight is 1490 g/mol. The standard InChI is InChI=1S/C60H48O.C54H36O/c1-59(2,3)39-34-38(35-40(36-39)60(4,5)6)54-43-24-12-16-28-47(43)56(48-29-17-13-25-44(48)54)50-31-18-32-51-57-49(30-19-33-52(57)61-58(50)51)55-45-26-14-10-22-41(45)53(37-20-8-7-9-21-37)42-23-11-15-27-46(42)55;1-33-17-14-18-34(2)48(33)53-42-27-12-10-25-40(42)51(41-26-11-13-28-43(41)53)45-30-15-31-46-52-44(29-16-32-47(52)55-54(45)46)50-38-23-8-6-21-36(38)49(35-19-4-3-5-20-35)37-22-7-9-24-39(37)50/h7-36H,1-6H3;3-32H,1-2H3. The first-order valence-corrected chi connectivity index (χ1v) is 40.7. The van der Waals surface area contributed by atoms with Crippen LogP contribution in [0.4, 0.5) is 0 Å². The summed E-state index contributed by atoms with van der Waals surface area (Å²) < 4.78 is 14.2. The number of rotatable bonds is 8. The summed E-state index contributed by atoms with van der Waals surface area (Å²) in [6, 6.07) is 133. The zero-order valence-corrected chi connectivity index (χ0v) is 66.5. The van der Waals surface area contributed by atoms with Gasteiger partial charge >= 0.3 is 0 Å². The van der Waals surface area contributed by atoms with Gasteiger partial charge in [0.05, 0.1) is 0 Å². The third-order valence-corrected chi connectivity index (χ3v) is 24.7. The average Bonchev–Trinajstić information content (AvgIpc) is 1.43. The van der Waals surface area contributed by atoms with Crippen LogP contribution in [0.5, 0.6) is 0 Å². The minimum Gasteiger partial charge on any atom is -0.455 e.